The Morgan fingerprint density at radius 1 is 0.870 bits per heavy atom. The maximum atomic E-state index is 13.2. The van der Waals surface area contributed by atoms with Crippen molar-refractivity contribution < 1.29 is 27.2 Å². The van der Waals surface area contributed by atoms with E-state index in [0.29, 0.717) is 13.0 Å². The smallest absolute Gasteiger partial charge is 0.342 e. The zero-order chi connectivity index (χ0) is 17.0. The fourth-order valence-electron chi connectivity index (χ4n) is 2.89. The summed E-state index contributed by atoms with van der Waals surface area (Å²) in [5.41, 5.74) is 0. The zero-order valence-corrected chi connectivity index (χ0v) is 12.8. The van der Waals surface area contributed by atoms with Crippen LogP contribution in [0.1, 0.15) is 19.3 Å². The molecule has 0 unspecified atom stereocenters. The molecule has 5 nitrogen and oxygen atoms in total. The maximum Gasteiger partial charge on any atom is 0.383 e. The maximum absolute atomic E-state index is 13.2. The fraction of sp³-hybridized carbons (Fsp3) is 0.857. The van der Waals surface area contributed by atoms with Gasteiger partial charge in [-0.2, -0.15) is 8.78 Å². The molecule has 2 amide bonds. The molecule has 0 N–H and O–H groups in total. The van der Waals surface area contributed by atoms with Crippen molar-refractivity contribution in [2.75, 3.05) is 45.8 Å². The molecule has 0 bridgehead atoms. The number of rotatable bonds is 4. The lowest BCUT2D eigenvalue weighted by molar-refractivity contribution is -0.180. The largest absolute Gasteiger partial charge is 0.383 e. The van der Waals surface area contributed by atoms with E-state index in [1.807, 2.05) is 0 Å². The minimum absolute atomic E-state index is 0.00442. The van der Waals surface area contributed by atoms with Gasteiger partial charge in [0.05, 0.1) is 6.54 Å². The van der Waals surface area contributed by atoms with Crippen LogP contribution in [0.15, 0.2) is 0 Å². The van der Waals surface area contributed by atoms with E-state index in [9.17, 15) is 27.2 Å². The Morgan fingerprint density at radius 2 is 1.48 bits per heavy atom. The van der Waals surface area contributed by atoms with Gasteiger partial charge in [0.25, 0.3) is 5.91 Å². The van der Waals surface area contributed by atoms with E-state index in [1.165, 1.54) is 0 Å². The number of carbonyl (C=O) groups excluding carboxylic acids is 2. The van der Waals surface area contributed by atoms with Gasteiger partial charge in [0, 0.05) is 39.3 Å². The minimum Gasteiger partial charge on any atom is -0.342 e. The number of nitrogens with zero attached hydrogens (tertiary/aromatic N) is 3. The second-order valence-electron chi connectivity index (χ2n) is 5.93. The lowest BCUT2D eigenvalue weighted by Crippen LogP contribution is -2.49. The van der Waals surface area contributed by atoms with Crippen LogP contribution in [-0.4, -0.2) is 84.7 Å². The summed E-state index contributed by atoms with van der Waals surface area (Å²) in [5.74, 6) is -6.50. The van der Waals surface area contributed by atoms with E-state index < -0.39 is 18.3 Å². The number of hydrogen-bond donors (Lipinski definition) is 0. The van der Waals surface area contributed by atoms with Crippen LogP contribution in [0.5, 0.6) is 0 Å². The van der Waals surface area contributed by atoms with Gasteiger partial charge >= 0.3 is 12.3 Å². The Bertz CT molecular complexity index is 442. The highest BCUT2D eigenvalue weighted by atomic mass is 19.3. The molecule has 132 valence electrons. The van der Waals surface area contributed by atoms with Crippen LogP contribution in [0.4, 0.5) is 17.6 Å². The zero-order valence-electron chi connectivity index (χ0n) is 12.8. The first-order valence-electron chi connectivity index (χ1n) is 7.78. The molecule has 2 aliphatic heterocycles. The van der Waals surface area contributed by atoms with Gasteiger partial charge in [-0.15, -0.1) is 0 Å². The second kappa shape index (κ2) is 7.46. The topological polar surface area (TPSA) is 43.9 Å². The van der Waals surface area contributed by atoms with Gasteiger partial charge in [-0.05, 0) is 19.3 Å². The highest BCUT2D eigenvalue weighted by Gasteiger charge is 2.51. The molecule has 9 heteroatoms. The minimum atomic E-state index is -4.65. The first kappa shape index (κ1) is 18.0. The summed E-state index contributed by atoms with van der Waals surface area (Å²) in [5, 5.41) is 0. The summed E-state index contributed by atoms with van der Waals surface area (Å²) in [6, 6.07) is 0. The number of halogens is 4. The van der Waals surface area contributed by atoms with Crippen molar-refractivity contribution in [1.29, 1.82) is 0 Å². The highest BCUT2D eigenvalue weighted by Crippen LogP contribution is 2.26. The SMILES string of the molecule is O=C(CN1CCCN(C(=O)C(F)(F)C(F)F)CC1)N1CCCC1. The second-order valence-corrected chi connectivity index (χ2v) is 5.93. The molecule has 0 saturated carbocycles. The molecule has 2 fully saturated rings. The molecule has 0 atom stereocenters. The highest BCUT2D eigenvalue weighted by molar-refractivity contribution is 5.84. The number of alkyl halides is 4. The molecule has 0 aromatic heterocycles. The van der Waals surface area contributed by atoms with E-state index >= 15 is 0 Å². The van der Waals surface area contributed by atoms with Crippen LogP contribution in [0.3, 0.4) is 0 Å². The molecule has 0 radical (unpaired) electrons. The van der Waals surface area contributed by atoms with Crippen molar-refractivity contribution in [2.45, 2.75) is 31.6 Å². The van der Waals surface area contributed by atoms with Crippen molar-refractivity contribution in [3.05, 3.63) is 0 Å². The van der Waals surface area contributed by atoms with Gasteiger partial charge in [-0.25, -0.2) is 8.78 Å². The lowest BCUT2D eigenvalue weighted by atomic mass is 10.2. The Kier molecular flexibility index (Phi) is 5.83. The third kappa shape index (κ3) is 4.33. The van der Waals surface area contributed by atoms with Crippen LogP contribution in [0.25, 0.3) is 0 Å². The van der Waals surface area contributed by atoms with Crippen molar-refractivity contribution in [2.24, 2.45) is 0 Å². The molecular weight excluding hydrogens is 318 g/mol. The van der Waals surface area contributed by atoms with Crippen molar-refractivity contribution in [1.82, 2.24) is 14.7 Å². The van der Waals surface area contributed by atoms with Crippen LogP contribution in [0, 0.1) is 0 Å². The summed E-state index contributed by atoms with van der Waals surface area (Å²) in [6.45, 7) is 2.27. The van der Waals surface area contributed by atoms with Gasteiger partial charge in [0.1, 0.15) is 0 Å². The van der Waals surface area contributed by atoms with Crippen LogP contribution < -0.4 is 0 Å². The molecule has 0 aliphatic carbocycles. The Hall–Kier alpha value is -1.38. The predicted molar refractivity (Wildman–Crippen MR) is 74.4 cm³/mol. The standard InChI is InChI=1S/C14H21F4N3O2/c15-12(16)14(17,18)13(23)21-7-3-4-19(8-9-21)10-11(22)20-5-1-2-6-20/h12H,1-10H2. The normalized spacial score (nSPS) is 20.9. The average molecular weight is 339 g/mol. The number of likely N-dealkylation sites (tertiary alicyclic amines) is 1. The van der Waals surface area contributed by atoms with Gasteiger partial charge in [-0.3, -0.25) is 14.5 Å². The third-order valence-corrected chi connectivity index (χ3v) is 4.25. The number of carbonyl (C=O) groups is 2. The summed E-state index contributed by atoms with van der Waals surface area (Å²) in [4.78, 5) is 27.9. The van der Waals surface area contributed by atoms with Crippen molar-refractivity contribution in [3.8, 4) is 0 Å². The van der Waals surface area contributed by atoms with E-state index in [1.54, 1.807) is 9.80 Å². The fourth-order valence-corrected chi connectivity index (χ4v) is 2.89. The molecule has 2 heterocycles. The summed E-state index contributed by atoms with van der Waals surface area (Å²) in [7, 11) is 0. The summed E-state index contributed by atoms with van der Waals surface area (Å²) in [6.07, 6.45) is -1.67. The van der Waals surface area contributed by atoms with E-state index in [2.05, 4.69) is 0 Å². The number of amides is 2. The van der Waals surface area contributed by atoms with Crippen molar-refractivity contribution in [3.63, 3.8) is 0 Å². The monoisotopic (exact) mass is 339 g/mol. The summed E-state index contributed by atoms with van der Waals surface area (Å²) >= 11 is 0. The number of hydrogen-bond acceptors (Lipinski definition) is 3. The van der Waals surface area contributed by atoms with Crippen LogP contribution >= 0.6 is 0 Å². The molecule has 2 aliphatic rings. The molecule has 0 aromatic carbocycles. The Balaban J connectivity index is 1.87. The molecule has 2 saturated heterocycles. The summed E-state index contributed by atoms with van der Waals surface area (Å²) < 4.78 is 50.9. The molecule has 2 rings (SSSR count). The van der Waals surface area contributed by atoms with Crippen molar-refractivity contribution >= 4 is 11.8 Å². The van der Waals surface area contributed by atoms with Gasteiger partial charge in [0.2, 0.25) is 5.91 Å². The van der Waals surface area contributed by atoms with Gasteiger partial charge in [-0.1, -0.05) is 0 Å². The predicted octanol–water partition coefficient (Wildman–Crippen LogP) is 1.04. The van der Waals surface area contributed by atoms with E-state index in [4.69, 9.17) is 0 Å². The quantitative estimate of drug-likeness (QED) is 0.719. The molecule has 0 aromatic rings. The van der Waals surface area contributed by atoms with Crippen LogP contribution in [0.2, 0.25) is 0 Å². The first-order valence-corrected chi connectivity index (χ1v) is 7.78. The van der Waals surface area contributed by atoms with E-state index in [0.717, 1.165) is 30.8 Å². The third-order valence-electron chi connectivity index (χ3n) is 4.25. The van der Waals surface area contributed by atoms with Gasteiger partial charge in [0.15, 0.2) is 0 Å². The van der Waals surface area contributed by atoms with E-state index in [-0.39, 0.29) is 32.1 Å². The lowest BCUT2D eigenvalue weighted by Gasteiger charge is -2.26. The Labute approximate surface area is 132 Å². The van der Waals surface area contributed by atoms with Gasteiger partial charge < -0.3 is 9.80 Å². The molecule has 23 heavy (non-hydrogen) atoms. The average Bonchev–Trinajstić information content (AvgIpc) is 2.94. The molecular formula is C14H21F4N3O2. The Morgan fingerprint density at radius 3 is 2.09 bits per heavy atom. The molecule has 0 spiro atoms. The first-order chi connectivity index (χ1) is 10.8. The van der Waals surface area contributed by atoms with Crippen LogP contribution in [-0.2, 0) is 9.59 Å².